The quantitative estimate of drug-likeness (QED) is 0.814. The van der Waals surface area contributed by atoms with Gasteiger partial charge in [-0.3, -0.25) is 15.0 Å². The molecular formula is C20H26N4O2S. The second kappa shape index (κ2) is 8.35. The summed E-state index contributed by atoms with van der Waals surface area (Å²) < 4.78 is 5.67. The number of ether oxygens (including phenoxy) is 1. The number of hydrogen-bond acceptors (Lipinski definition) is 6. The summed E-state index contributed by atoms with van der Waals surface area (Å²) in [5.74, 6) is 0.837. The fourth-order valence-electron chi connectivity index (χ4n) is 4.03. The molecule has 1 unspecified atom stereocenters. The molecule has 1 amide bonds. The van der Waals surface area contributed by atoms with Gasteiger partial charge in [0, 0.05) is 12.6 Å². The van der Waals surface area contributed by atoms with Gasteiger partial charge in [0.2, 0.25) is 11.0 Å². The van der Waals surface area contributed by atoms with E-state index >= 15 is 0 Å². The van der Waals surface area contributed by atoms with Crippen LogP contribution in [0.3, 0.4) is 0 Å². The molecule has 1 atom stereocenters. The van der Waals surface area contributed by atoms with Gasteiger partial charge in [0.1, 0.15) is 5.75 Å². The van der Waals surface area contributed by atoms with Crippen molar-refractivity contribution in [2.75, 3.05) is 18.5 Å². The first kappa shape index (κ1) is 18.4. The molecule has 144 valence electrons. The van der Waals surface area contributed by atoms with E-state index in [1.165, 1.54) is 43.4 Å². The van der Waals surface area contributed by atoms with Crippen molar-refractivity contribution in [2.24, 2.45) is 0 Å². The van der Waals surface area contributed by atoms with Gasteiger partial charge in [-0.25, -0.2) is 0 Å². The molecule has 2 aliphatic rings. The summed E-state index contributed by atoms with van der Waals surface area (Å²) in [6.45, 7) is 3.59. The lowest BCUT2D eigenvalue weighted by Crippen LogP contribution is -2.58. The number of nitrogens with one attached hydrogen (secondary N) is 1. The fourth-order valence-corrected chi connectivity index (χ4v) is 4.81. The monoisotopic (exact) mass is 386 g/mol. The van der Waals surface area contributed by atoms with Crippen LogP contribution in [0.4, 0.5) is 5.13 Å². The molecule has 2 fully saturated rings. The molecule has 2 aromatic rings. The van der Waals surface area contributed by atoms with E-state index in [4.69, 9.17) is 4.74 Å². The lowest BCUT2D eigenvalue weighted by atomic mass is 9.89. The number of carbonyl (C=O) groups excluding carboxylic acids is 1. The number of benzene rings is 1. The van der Waals surface area contributed by atoms with Crippen molar-refractivity contribution in [3.63, 3.8) is 0 Å². The minimum Gasteiger partial charge on any atom is -0.493 e. The largest absolute Gasteiger partial charge is 0.493 e. The number of nitrogens with zero attached hydrogens (tertiary/aromatic N) is 3. The molecule has 1 aromatic heterocycles. The molecule has 0 spiro atoms. The first-order chi connectivity index (χ1) is 13.3. The average molecular weight is 387 g/mol. The minimum atomic E-state index is -0.0174. The van der Waals surface area contributed by atoms with Crippen molar-refractivity contribution in [1.82, 2.24) is 15.1 Å². The normalized spacial score (nSPS) is 20.9. The second-order valence-corrected chi connectivity index (χ2v) is 8.14. The van der Waals surface area contributed by atoms with Crippen molar-refractivity contribution < 1.29 is 9.53 Å². The molecule has 1 aliphatic carbocycles. The van der Waals surface area contributed by atoms with Crippen LogP contribution in [0.15, 0.2) is 24.3 Å². The number of likely N-dealkylation sites (tertiary alicyclic amines) is 1. The van der Waals surface area contributed by atoms with Crippen LogP contribution in [0.2, 0.25) is 0 Å². The van der Waals surface area contributed by atoms with Crippen LogP contribution >= 0.6 is 11.3 Å². The molecule has 1 saturated heterocycles. The number of carbonyl (C=O) groups is 1. The first-order valence-electron chi connectivity index (χ1n) is 9.88. The molecular weight excluding hydrogens is 360 g/mol. The van der Waals surface area contributed by atoms with E-state index < -0.39 is 0 Å². The van der Waals surface area contributed by atoms with Crippen LogP contribution in [0, 0.1) is 0 Å². The fraction of sp³-hybridized carbons (Fsp3) is 0.550. The number of hydrogen-bond donors (Lipinski definition) is 1. The SMILES string of the molecule is CCOc1ccccc1-c1nnc(NC(=O)C2CCN2C2CCCCC2)s1. The third-order valence-electron chi connectivity index (χ3n) is 5.48. The molecule has 1 aliphatic heterocycles. The highest BCUT2D eigenvalue weighted by Gasteiger charge is 2.39. The zero-order chi connectivity index (χ0) is 18.6. The Bertz CT molecular complexity index is 788. The molecule has 27 heavy (non-hydrogen) atoms. The molecule has 1 saturated carbocycles. The molecule has 7 heteroatoms. The Hall–Kier alpha value is -1.99. The summed E-state index contributed by atoms with van der Waals surface area (Å²) >= 11 is 1.39. The Balaban J connectivity index is 1.41. The summed E-state index contributed by atoms with van der Waals surface area (Å²) in [6, 6.07) is 8.34. The number of para-hydroxylation sites is 1. The van der Waals surface area contributed by atoms with Crippen LogP contribution < -0.4 is 10.1 Å². The van der Waals surface area contributed by atoms with E-state index in [1.54, 1.807) is 0 Å². The summed E-state index contributed by atoms with van der Waals surface area (Å²) in [6.07, 6.45) is 7.28. The molecule has 2 heterocycles. The van der Waals surface area contributed by atoms with E-state index in [1.807, 2.05) is 31.2 Å². The van der Waals surface area contributed by atoms with Crippen molar-refractivity contribution >= 4 is 22.4 Å². The van der Waals surface area contributed by atoms with Crippen molar-refractivity contribution in [3.05, 3.63) is 24.3 Å². The van der Waals surface area contributed by atoms with E-state index in [-0.39, 0.29) is 11.9 Å². The third-order valence-corrected chi connectivity index (χ3v) is 6.35. The maximum absolute atomic E-state index is 12.7. The highest BCUT2D eigenvalue weighted by molar-refractivity contribution is 7.18. The zero-order valence-electron chi connectivity index (χ0n) is 15.7. The van der Waals surface area contributed by atoms with E-state index in [0.29, 0.717) is 17.8 Å². The number of rotatable bonds is 6. The highest BCUT2D eigenvalue weighted by Crippen LogP contribution is 2.34. The average Bonchev–Trinajstić information content (AvgIpc) is 3.10. The molecule has 0 bridgehead atoms. The van der Waals surface area contributed by atoms with Gasteiger partial charge < -0.3 is 4.74 Å². The number of amides is 1. The second-order valence-electron chi connectivity index (χ2n) is 7.16. The predicted octanol–water partition coefficient (Wildman–Crippen LogP) is 3.95. The molecule has 0 radical (unpaired) electrons. The smallest absolute Gasteiger partial charge is 0.243 e. The van der Waals surface area contributed by atoms with Crippen molar-refractivity contribution in [1.29, 1.82) is 0 Å². The van der Waals surface area contributed by atoms with Crippen molar-refractivity contribution in [3.8, 4) is 16.3 Å². The van der Waals surface area contributed by atoms with Crippen LogP contribution in [0.5, 0.6) is 5.75 Å². The summed E-state index contributed by atoms with van der Waals surface area (Å²) in [7, 11) is 0. The Morgan fingerprint density at radius 2 is 2.04 bits per heavy atom. The Kier molecular flexibility index (Phi) is 5.69. The topological polar surface area (TPSA) is 67.4 Å². The molecule has 6 nitrogen and oxygen atoms in total. The van der Waals surface area contributed by atoms with Gasteiger partial charge >= 0.3 is 0 Å². The standard InChI is InChI=1S/C20H26N4O2S/c1-2-26-17-11-7-6-10-15(17)19-22-23-20(27-19)21-18(25)16-12-13-24(16)14-8-4-3-5-9-14/h6-7,10-11,14,16H,2-5,8-9,12-13H2,1H3,(H,21,23,25). The first-order valence-corrected chi connectivity index (χ1v) is 10.7. The van der Waals surface area contributed by atoms with Crippen molar-refractivity contribution in [2.45, 2.75) is 57.5 Å². The van der Waals surface area contributed by atoms with Gasteiger partial charge in [-0.2, -0.15) is 0 Å². The Morgan fingerprint density at radius 1 is 1.22 bits per heavy atom. The number of anilines is 1. The van der Waals surface area contributed by atoms with Crippen LogP contribution in [-0.2, 0) is 4.79 Å². The molecule has 1 N–H and O–H groups in total. The summed E-state index contributed by atoms with van der Waals surface area (Å²) in [5, 5.41) is 12.7. The summed E-state index contributed by atoms with van der Waals surface area (Å²) in [5.41, 5.74) is 0.907. The minimum absolute atomic E-state index is 0.0174. The zero-order valence-corrected chi connectivity index (χ0v) is 16.5. The van der Waals surface area contributed by atoms with Crippen LogP contribution in [0.1, 0.15) is 45.4 Å². The lowest BCUT2D eigenvalue weighted by molar-refractivity contribution is -0.128. The predicted molar refractivity (Wildman–Crippen MR) is 107 cm³/mol. The van der Waals surface area contributed by atoms with Gasteiger partial charge in [-0.05, 0) is 38.3 Å². The van der Waals surface area contributed by atoms with Gasteiger partial charge in [0.15, 0.2) is 5.01 Å². The molecule has 1 aromatic carbocycles. The Labute approximate surface area is 163 Å². The number of aromatic nitrogens is 2. The Morgan fingerprint density at radius 3 is 2.78 bits per heavy atom. The maximum atomic E-state index is 12.7. The van der Waals surface area contributed by atoms with Gasteiger partial charge in [0.25, 0.3) is 0 Å². The lowest BCUT2D eigenvalue weighted by Gasteiger charge is -2.46. The van der Waals surface area contributed by atoms with Gasteiger partial charge in [-0.15, -0.1) is 10.2 Å². The van der Waals surface area contributed by atoms with E-state index in [0.717, 1.165) is 29.3 Å². The van der Waals surface area contributed by atoms with Gasteiger partial charge in [-0.1, -0.05) is 42.7 Å². The highest BCUT2D eigenvalue weighted by atomic mass is 32.1. The maximum Gasteiger partial charge on any atom is 0.243 e. The van der Waals surface area contributed by atoms with Crippen LogP contribution in [-0.4, -0.2) is 46.2 Å². The van der Waals surface area contributed by atoms with E-state index in [2.05, 4.69) is 20.4 Å². The van der Waals surface area contributed by atoms with Gasteiger partial charge in [0.05, 0.1) is 18.2 Å². The third kappa shape index (κ3) is 3.99. The van der Waals surface area contributed by atoms with E-state index in [9.17, 15) is 4.79 Å². The van der Waals surface area contributed by atoms with Crippen LogP contribution in [0.25, 0.3) is 10.6 Å². The molecule has 4 rings (SSSR count). The summed E-state index contributed by atoms with van der Waals surface area (Å²) in [4.78, 5) is 15.1.